The van der Waals surface area contributed by atoms with Crippen LogP contribution in [0, 0.1) is 13.1 Å². The lowest BCUT2D eigenvalue weighted by atomic mass is 9.91. The van der Waals surface area contributed by atoms with E-state index in [2.05, 4.69) is 10.0 Å². The number of nitrogens with zero attached hydrogens (tertiary/aromatic N) is 2. The zero-order valence-corrected chi connectivity index (χ0v) is 11.0. The van der Waals surface area contributed by atoms with E-state index in [0.717, 1.165) is 11.1 Å². The number of benzene rings is 1. The Morgan fingerprint density at radius 2 is 1.28 bits per heavy atom. The maximum atomic E-state index is 6.79. The van der Waals surface area contributed by atoms with E-state index >= 15 is 0 Å². The van der Waals surface area contributed by atoms with E-state index in [9.17, 15) is 0 Å². The summed E-state index contributed by atoms with van der Waals surface area (Å²) in [4.78, 5) is 10.1. The van der Waals surface area contributed by atoms with Crippen molar-refractivity contribution in [3.05, 3.63) is 58.6 Å². The third-order valence-corrected chi connectivity index (χ3v) is 2.80. The van der Waals surface area contributed by atoms with Gasteiger partial charge in [0.1, 0.15) is 0 Å². The van der Waals surface area contributed by atoms with Gasteiger partial charge in [0, 0.05) is 11.1 Å². The van der Waals surface area contributed by atoms with Crippen LogP contribution in [0.25, 0.3) is 10.0 Å². The van der Waals surface area contributed by atoms with Crippen LogP contribution >= 0.6 is 0 Å². The van der Waals surface area contributed by atoms with E-state index in [1.807, 2.05) is 52.0 Å². The predicted molar refractivity (Wildman–Crippen MR) is 67.9 cm³/mol. The van der Waals surface area contributed by atoms with Crippen molar-refractivity contribution < 1.29 is 9.68 Å². The van der Waals surface area contributed by atoms with Crippen molar-refractivity contribution in [2.45, 2.75) is 38.9 Å². The summed E-state index contributed by atoms with van der Waals surface area (Å²) in [5.74, 6) is 0. The second-order valence-electron chi connectivity index (χ2n) is 4.97. The fourth-order valence-corrected chi connectivity index (χ4v) is 1.60. The lowest BCUT2D eigenvalue weighted by Gasteiger charge is -2.21. The SMILES string of the molecule is [C-]#[N+]OC(C)(C)c1cccc(C(C)(C)O[N+]#[C-])c1. The molecule has 0 aliphatic carbocycles. The lowest BCUT2D eigenvalue weighted by molar-refractivity contribution is 0.0440. The molecule has 0 aliphatic heterocycles. The Hall–Kier alpha value is -2.20. The fourth-order valence-electron chi connectivity index (χ4n) is 1.60. The van der Waals surface area contributed by atoms with E-state index in [4.69, 9.17) is 22.8 Å². The zero-order chi connectivity index (χ0) is 13.8. The summed E-state index contributed by atoms with van der Waals surface area (Å²) in [5, 5.41) is 5.96. The van der Waals surface area contributed by atoms with Crippen LogP contribution in [0.2, 0.25) is 0 Å². The fraction of sp³-hybridized carbons (Fsp3) is 0.429. The maximum Gasteiger partial charge on any atom is 0.213 e. The second-order valence-corrected chi connectivity index (χ2v) is 4.97. The molecule has 0 radical (unpaired) electrons. The van der Waals surface area contributed by atoms with Gasteiger partial charge in [-0.3, -0.25) is 0 Å². The molecular weight excluding hydrogens is 228 g/mol. The van der Waals surface area contributed by atoms with Gasteiger partial charge < -0.3 is 0 Å². The molecule has 0 amide bonds. The van der Waals surface area contributed by atoms with Crippen molar-refractivity contribution in [2.24, 2.45) is 0 Å². The Morgan fingerprint density at radius 3 is 1.61 bits per heavy atom. The Bertz CT molecular complexity index is 464. The zero-order valence-electron chi connectivity index (χ0n) is 11.0. The molecule has 94 valence electrons. The summed E-state index contributed by atoms with van der Waals surface area (Å²) in [7, 11) is 0. The monoisotopic (exact) mass is 244 g/mol. The molecule has 4 nitrogen and oxygen atoms in total. The molecule has 4 heteroatoms. The van der Waals surface area contributed by atoms with Crippen LogP contribution < -0.4 is 0 Å². The standard InChI is InChI=1S/C14H16N2O2/c1-13(2,17-15-5)11-8-7-9-12(10-11)14(3,4)18-16-6/h7-10H,1-4H3. The third-order valence-electron chi connectivity index (χ3n) is 2.80. The molecule has 18 heavy (non-hydrogen) atoms. The van der Waals surface area contributed by atoms with Crippen molar-refractivity contribution in [3.8, 4) is 0 Å². The highest BCUT2D eigenvalue weighted by atomic mass is 16.6. The molecule has 1 rings (SSSR count). The molecule has 0 bridgehead atoms. The molecule has 0 atom stereocenters. The topological polar surface area (TPSA) is 27.2 Å². The maximum absolute atomic E-state index is 6.79. The predicted octanol–water partition coefficient (Wildman–Crippen LogP) is 3.86. The van der Waals surface area contributed by atoms with Crippen LogP contribution in [-0.4, -0.2) is 0 Å². The Morgan fingerprint density at radius 1 is 0.889 bits per heavy atom. The van der Waals surface area contributed by atoms with E-state index < -0.39 is 11.2 Å². The van der Waals surface area contributed by atoms with Gasteiger partial charge in [0.15, 0.2) is 0 Å². The van der Waals surface area contributed by atoms with Crippen molar-refractivity contribution in [3.63, 3.8) is 0 Å². The average Bonchev–Trinajstić information content (AvgIpc) is 2.29. The van der Waals surface area contributed by atoms with Crippen LogP contribution in [-0.2, 0) is 20.9 Å². The minimum Gasteiger partial charge on any atom is -0.188 e. The number of rotatable bonds is 4. The van der Waals surface area contributed by atoms with Gasteiger partial charge in [-0.15, -0.1) is 0 Å². The summed E-state index contributed by atoms with van der Waals surface area (Å²) in [6.07, 6.45) is 0. The minimum absolute atomic E-state index is 0.689. The van der Waals surface area contributed by atoms with Crippen molar-refractivity contribution in [1.29, 1.82) is 0 Å². The first-order valence-corrected chi connectivity index (χ1v) is 5.54. The summed E-state index contributed by atoms with van der Waals surface area (Å²) in [6, 6.07) is 7.55. The van der Waals surface area contributed by atoms with Crippen molar-refractivity contribution >= 4 is 0 Å². The summed E-state index contributed by atoms with van der Waals surface area (Å²) in [5.41, 5.74) is 0.369. The number of hydrogen-bond donors (Lipinski definition) is 0. The van der Waals surface area contributed by atoms with Gasteiger partial charge in [-0.05, 0) is 43.8 Å². The van der Waals surface area contributed by atoms with Crippen LogP contribution in [0.15, 0.2) is 24.3 Å². The van der Waals surface area contributed by atoms with Gasteiger partial charge >= 0.3 is 0 Å². The first kappa shape index (κ1) is 13.9. The van der Waals surface area contributed by atoms with Gasteiger partial charge in [0.2, 0.25) is 11.2 Å². The molecule has 0 unspecified atom stereocenters. The highest BCUT2D eigenvalue weighted by molar-refractivity contribution is 5.31. The average molecular weight is 244 g/mol. The molecule has 0 fully saturated rings. The molecular formula is C14H16N2O2. The molecule has 0 spiro atoms. The molecule has 0 aliphatic rings. The molecule has 0 heterocycles. The Kier molecular flexibility index (Phi) is 3.83. The highest BCUT2D eigenvalue weighted by Gasteiger charge is 2.31. The van der Waals surface area contributed by atoms with Crippen LogP contribution in [0.1, 0.15) is 38.8 Å². The molecule has 0 aromatic heterocycles. The molecule has 1 aromatic carbocycles. The molecule has 0 saturated heterocycles. The second kappa shape index (κ2) is 4.98. The van der Waals surface area contributed by atoms with Crippen molar-refractivity contribution in [2.75, 3.05) is 0 Å². The normalized spacial score (nSPS) is 11.2. The van der Waals surface area contributed by atoms with Crippen LogP contribution in [0.5, 0.6) is 0 Å². The summed E-state index contributed by atoms with van der Waals surface area (Å²) < 4.78 is 0. The van der Waals surface area contributed by atoms with Gasteiger partial charge in [-0.2, -0.15) is 22.8 Å². The lowest BCUT2D eigenvalue weighted by Crippen LogP contribution is -2.22. The smallest absolute Gasteiger partial charge is 0.188 e. The van der Waals surface area contributed by atoms with Gasteiger partial charge in [0.05, 0.1) is 0 Å². The van der Waals surface area contributed by atoms with Crippen molar-refractivity contribution in [1.82, 2.24) is 0 Å². The molecule has 1 aromatic rings. The minimum atomic E-state index is -0.689. The van der Waals surface area contributed by atoms with Crippen LogP contribution in [0.4, 0.5) is 0 Å². The largest absolute Gasteiger partial charge is 0.213 e. The summed E-state index contributed by atoms with van der Waals surface area (Å²) in [6.45, 7) is 20.9. The quantitative estimate of drug-likeness (QED) is 0.594. The van der Waals surface area contributed by atoms with Gasteiger partial charge in [0.25, 0.3) is 0 Å². The van der Waals surface area contributed by atoms with Crippen LogP contribution in [0.3, 0.4) is 0 Å². The Balaban J connectivity index is 3.15. The third kappa shape index (κ3) is 2.93. The van der Waals surface area contributed by atoms with E-state index in [0.29, 0.717) is 0 Å². The van der Waals surface area contributed by atoms with E-state index in [1.165, 1.54) is 0 Å². The van der Waals surface area contributed by atoms with E-state index in [1.54, 1.807) is 0 Å². The first-order valence-electron chi connectivity index (χ1n) is 5.54. The number of hydrogen-bond acceptors (Lipinski definition) is 2. The summed E-state index contributed by atoms with van der Waals surface area (Å²) >= 11 is 0. The Labute approximate surface area is 108 Å². The van der Waals surface area contributed by atoms with Gasteiger partial charge in [-0.1, -0.05) is 18.2 Å². The first-order chi connectivity index (χ1) is 8.33. The molecule has 0 N–H and O–H groups in total. The van der Waals surface area contributed by atoms with Gasteiger partial charge in [-0.25, -0.2) is 0 Å². The van der Waals surface area contributed by atoms with E-state index in [-0.39, 0.29) is 0 Å². The molecule has 0 saturated carbocycles. The highest BCUT2D eigenvalue weighted by Crippen LogP contribution is 2.31.